The highest BCUT2D eigenvalue weighted by molar-refractivity contribution is 5.77. The summed E-state index contributed by atoms with van der Waals surface area (Å²) < 4.78 is 0. The van der Waals surface area contributed by atoms with Crippen LogP contribution >= 0.6 is 0 Å². The van der Waals surface area contributed by atoms with Crippen molar-refractivity contribution in [2.75, 3.05) is 0 Å². The van der Waals surface area contributed by atoms with E-state index in [0.29, 0.717) is 0 Å². The van der Waals surface area contributed by atoms with Crippen molar-refractivity contribution < 1.29 is 0 Å². The number of hydrogen-bond donors (Lipinski definition) is 2. The first-order chi connectivity index (χ1) is 6.90. The van der Waals surface area contributed by atoms with Crippen LogP contribution in [0.4, 0.5) is 5.69 Å². The van der Waals surface area contributed by atoms with E-state index < -0.39 is 0 Å². The van der Waals surface area contributed by atoms with Crippen LogP contribution in [0.25, 0.3) is 11.0 Å². The lowest BCUT2D eigenvalue weighted by Gasteiger charge is -1.90. The fraction of sp³-hybridized carbons (Fsp3) is 0. The Hall–Kier alpha value is -2.24. The zero-order chi connectivity index (χ0) is 9.80. The highest BCUT2D eigenvalue weighted by atomic mass is 15.2. The lowest BCUT2D eigenvalue weighted by atomic mass is 10.3. The summed E-state index contributed by atoms with van der Waals surface area (Å²) in [6, 6.07) is 5.52. The van der Waals surface area contributed by atoms with Gasteiger partial charge < -0.3 is 10.8 Å². The summed E-state index contributed by atoms with van der Waals surface area (Å²) >= 11 is 0. The van der Waals surface area contributed by atoms with Gasteiger partial charge in [-0.1, -0.05) is 0 Å². The maximum atomic E-state index is 4.87. The first-order valence-corrected chi connectivity index (χ1v) is 3.96. The third-order valence-electron chi connectivity index (χ3n) is 1.70. The molecule has 2 aromatic rings. The SMILES string of the molecule is NN=CN=Nc1ccc2nc[nH]c2c1. The summed E-state index contributed by atoms with van der Waals surface area (Å²) in [5.74, 6) is 4.87. The summed E-state index contributed by atoms with van der Waals surface area (Å²) in [5.41, 5.74) is 2.55. The first-order valence-electron chi connectivity index (χ1n) is 3.96. The third kappa shape index (κ3) is 1.58. The fourth-order valence-electron chi connectivity index (χ4n) is 1.11. The molecule has 2 rings (SSSR count). The van der Waals surface area contributed by atoms with Crippen molar-refractivity contribution in [3.63, 3.8) is 0 Å². The lowest BCUT2D eigenvalue weighted by molar-refractivity contribution is 1.21. The molecule has 0 bridgehead atoms. The first kappa shape index (κ1) is 8.36. The van der Waals surface area contributed by atoms with Gasteiger partial charge in [0.25, 0.3) is 0 Å². The minimum atomic E-state index is 0.724. The van der Waals surface area contributed by atoms with Crippen LogP contribution in [-0.2, 0) is 0 Å². The molecule has 0 atom stereocenters. The Morgan fingerprint density at radius 2 is 2.36 bits per heavy atom. The van der Waals surface area contributed by atoms with Crippen molar-refractivity contribution >= 4 is 23.1 Å². The Kier molecular flexibility index (Phi) is 2.18. The van der Waals surface area contributed by atoms with E-state index in [1.807, 2.05) is 18.2 Å². The number of nitrogens with two attached hydrogens (primary N) is 1. The predicted octanol–water partition coefficient (Wildman–Crippen LogP) is 1.55. The van der Waals surface area contributed by atoms with Gasteiger partial charge in [-0.15, -0.1) is 10.2 Å². The number of hydrogen-bond acceptors (Lipinski definition) is 4. The van der Waals surface area contributed by atoms with E-state index in [2.05, 4.69) is 25.3 Å². The highest BCUT2D eigenvalue weighted by Gasteiger charge is 1.95. The number of fused-ring (bicyclic) bond motifs is 1. The van der Waals surface area contributed by atoms with Gasteiger partial charge in [0.1, 0.15) is 0 Å². The van der Waals surface area contributed by atoms with E-state index in [0.717, 1.165) is 16.7 Å². The van der Waals surface area contributed by atoms with Crippen molar-refractivity contribution in [3.8, 4) is 0 Å². The van der Waals surface area contributed by atoms with Gasteiger partial charge in [0, 0.05) is 0 Å². The van der Waals surface area contributed by atoms with Crippen molar-refractivity contribution in [2.45, 2.75) is 0 Å². The molecule has 0 saturated carbocycles. The normalized spacial score (nSPS) is 12.0. The molecule has 0 spiro atoms. The Balaban J connectivity index is 2.34. The van der Waals surface area contributed by atoms with Crippen molar-refractivity contribution in [2.24, 2.45) is 21.2 Å². The van der Waals surface area contributed by atoms with Gasteiger partial charge in [0.05, 0.1) is 23.0 Å². The number of nitrogens with one attached hydrogen (secondary N) is 1. The Labute approximate surface area is 79.6 Å². The van der Waals surface area contributed by atoms with Crippen LogP contribution in [0.3, 0.4) is 0 Å². The standard InChI is InChI=1S/C8H8N6/c9-12-5-13-14-6-1-2-7-8(3-6)11-4-10-7/h1-5H,9H2,(H,10,11). The molecule has 1 aromatic carbocycles. The molecule has 6 nitrogen and oxygen atoms in total. The predicted molar refractivity (Wildman–Crippen MR) is 53.3 cm³/mol. The van der Waals surface area contributed by atoms with Crippen LogP contribution in [0.2, 0.25) is 0 Å². The van der Waals surface area contributed by atoms with Gasteiger partial charge in [-0.25, -0.2) is 4.98 Å². The quantitative estimate of drug-likeness (QED) is 0.246. The molecule has 1 aromatic heterocycles. The van der Waals surface area contributed by atoms with E-state index in [-0.39, 0.29) is 0 Å². The van der Waals surface area contributed by atoms with Crippen LogP contribution < -0.4 is 5.84 Å². The number of imidazole rings is 1. The molecule has 6 heteroatoms. The second-order valence-electron chi connectivity index (χ2n) is 2.58. The van der Waals surface area contributed by atoms with E-state index in [1.54, 1.807) is 6.33 Å². The monoisotopic (exact) mass is 188 g/mol. The molecule has 0 saturated heterocycles. The smallest absolute Gasteiger partial charge is 0.157 e. The second kappa shape index (κ2) is 3.65. The summed E-state index contributed by atoms with van der Waals surface area (Å²) in [5, 5.41) is 10.7. The molecular weight excluding hydrogens is 180 g/mol. The molecule has 0 aliphatic carbocycles. The molecular formula is C8H8N6. The average Bonchev–Trinajstić information content (AvgIpc) is 2.65. The van der Waals surface area contributed by atoms with Crippen LogP contribution in [0, 0.1) is 0 Å². The number of aromatic nitrogens is 2. The Morgan fingerprint density at radius 1 is 1.43 bits per heavy atom. The topological polar surface area (TPSA) is 91.8 Å². The lowest BCUT2D eigenvalue weighted by Crippen LogP contribution is -1.77. The molecule has 3 N–H and O–H groups in total. The van der Waals surface area contributed by atoms with Crippen LogP contribution in [0.5, 0.6) is 0 Å². The fourth-order valence-corrected chi connectivity index (χ4v) is 1.11. The summed E-state index contributed by atoms with van der Waals surface area (Å²) in [7, 11) is 0. The highest BCUT2D eigenvalue weighted by Crippen LogP contribution is 2.18. The third-order valence-corrected chi connectivity index (χ3v) is 1.70. The molecule has 0 aliphatic heterocycles. The number of nitrogens with zero attached hydrogens (tertiary/aromatic N) is 4. The molecule has 0 fully saturated rings. The molecule has 0 amide bonds. The van der Waals surface area contributed by atoms with Crippen molar-refractivity contribution in [3.05, 3.63) is 24.5 Å². The summed E-state index contributed by atoms with van der Waals surface area (Å²) in [6.07, 6.45) is 2.81. The summed E-state index contributed by atoms with van der Waals surface area (Å²) in [6.45, 7) is 0. The summed E-state index contributed by atoms with van der Waals surface area (Å²) in [4.78, 5) is 7.06. The van der Waals surface area contributed by atoms with Crippen LogP contribution in [0.15, 0.2) is 39.9 Å². The number of azo groups is 1. The van der Waals surface area contributed by atoms with Crippen LogP contribution in [0.1, 0.15) is 0 Å². The molecule has 0 aliphatic rings. The molecule has 0 radical (unpaired) electrons. The van der Waals surface area contributed by atoms with Gasteiger partial charge >= 0.3 is 0 Å². The maximum Gasteiger partial charge on any atom is 0.157 e. The zero-order valence-electron chi connectivity index (χ0n) is 7.25. The van der Waals surface area contributed by atoms with E-state index >= 15 is 0 Å². The number of aromatic amines is 1. The number of H-pyrrole nitrogens is 1. The average molecular weight is 188 g/mol. The number of hydrazone groups is 1. The minimum Gasteiger partial charge on any atom is -0.345 e. The number of benzene rings is 1. The van der Waals surface area contributed by atoms with Gasteiger partial charge in [0.2, 0.25) is 0 Å². The van der Waals surface area contributed by atoms with Gasteiger partial charge in [-0.05, 0) is 18.2 Å². The zero-order valence-corrected chi connectivity index (χ0v) is 7.25. The maximum absolute atomic E-state index is 4.87. The molecule has 0 unspecified atom stereocenters. The van der Waals surface area contributed by atoms with Crippen molar-refractivity contribution in [1.82, 2.24) is 9.97 Å². The van der Waals surface area contributed by atoms with Gasteiger partial charge in [0.15, 0.2) is 6.34 Å². The Morgan fingerprint density at radius 3 is 3.21 bits per heavy atom. The molecule has 1 heterocycles. The van der Waals surface area contributed by atoms with Gasteiger partial charge in [-0.3, -0.25) is 0 Å². The molecule has 14 heavy (non-hydrogen) atoms. The van der Waals surface area contributed by atoms with E-state index in [4.69, 9.17) is 5.84 Å². The van der Waals surface area contributed by atoms with E-state index in [1.165, 1.54) is 6.34 Å². The van der Waals surface area contributed by atoms with Crippen molar-refractivity contribution in [1.29, 1.82) is 0 Å². The Bertz CT molecular complexity index is 483. The van der Waals surface area contributed by atoms with Crippen LogP contribution in [-0.4, -0.2) is 16.3 Å². The largest absolute Gasteiger partial charge is 0.345 e. The minimum absolute atomic E-state index is 0.724. The number of rotatable bonds is 2. The second-order valence-corrected chi connectivity index (χ2v) is 2.58. The molecule has 70 valence electrons. The van der Waals surface area contributed by atoms with Gasteiger partial charge in [-0.2, -0.15) is 5.10 Å². The van der Waals surface area contributed by atoms with E-state index in [9.17, 15) is 0 Å².